The first-order valence-corrected chi connectivity index (χ1v) is 9.46. The summed E-state index contributed by atoms with van der Waals surface area (Å²) in [5, 5.41) is 1.17. The van der Waals surface area contributed by atoms with Crippen molar-refractivity contribution in [2.24, 2.45) is 0 Å². The molecule has 0 bridgehead atoms. The van der Waals surface area contributed by atoms with Crippen molar-refractivity contribution in [1.29, 1.82) is 0 Å². The minimum atomic E-state index is -2.41. The number of hydrogen-bond donors (Lipinski definition) is 1. The number of fused-ring (bicyclic) bond motifs is 1. The summed E-state index contributed by atoms with van der Waals surface area (Å²) < 4.78 is 24.1. The molecule has 0 unspecified atom stereocenters. The highest BCUT2D eigenvalue weighted by Gasteiger charge is 2.12. The predicted octanol–water partition coefficient (Wildman–Crippen LogP) is 4.41. The third-order valence-corrected chi connectivity index (χ3v) is 4.91. The maximum atomic E-state index is 10.9. The summed E-state index contributed by atoms with van der Waals surface area (Å²) in [6.07, 6.45) is 0. The van der Waals surface area contributed by atoms with Crippen LogP contribution in [0.5, 0.6) is 0 Å². The molecule has 25 heavy (non-hydrogen) atoms. The highest BCUT2D eigenvalue weighted by molar-refractivity contribution is 7.71. The normalized spacial score (nSPS) is 11.2. The van der Waals surface area contributed by atoms with Gasteiger partial charge < -0.3 is 4.57 Å². The quantitative estimate of drug-likeness (QED) is 0.556. The van der Waals surface area contributed by atoms with Gasteiger partial charge in [-0.25, -0.2) is 8.42 Å². The molecule has 1 aromatic heterocycles. The molecule has 0 aliphatic rings. The van der Waals surface area contributed by atoms with Crippen LogP contribution in [0.1, 0.15) is 5.56 Å². The summed E-state index contributed by atoms with van der Waals surface area (Å²) >= 11 is 0. The van der Waals surface area contributed by atoms with E-state index in [-0.39, 0.29) is 5.75 Å². The standard InChI is InChI=1S/C21H17NO2S/c23-25(24)15-16-10-12-19(13-11-16)22-20-9-5-4-8-18(20)14-21(22)17-6-2-1-3-7-17/h1-14,25H,15H2. The van der Waals surface area contributed by atoms with Crippen LogP contribution in [-0.2, 0) is 16.5 Å². The Labute approximate surface area is 148 Å². The Balaban J connectivity index is 1.91. The third-order valence-electron chi connectivity index (χ3n) is 4.29. The Kier molecular flexibility index (Phi) is 4.12. The number of para-hydroxylation sites is 1. The molecule has 4 aromatic rings. The summed E-state index contributed by atoms with van der Waals surface area (Å²) in [6, 6.07) is 28.5. The van der Waals surface area contributed by atoms with Gasteiger partial charge in [0.05, 0.1) is 17.0 Å². The topological polar surface area (TPSA) is 39.1 Å². The van der Waals surface area contributed by atoms with Gasteiger partial charge in [0.1, 0.15) is 10.7 Å². The fourth-order valence-electron chi connectivity index (χ4n) is 3.15. The van der Waals surface area contributed by atoms with Crippen molar-refractivity contribution in [3.05, 3.63) is 90.5 Å². The van der Waals surface area contributed by atoms with Gasteiger partial charge in [0.2, 0.25) is 0 Å². The first-order valence-electron chi connectivity index (χ1n) is 8.09. The number of thiol groups is 1. The van der Waals surface area contributed by atoms with Crippen molar-refractivity contribution in [3.63, 3.8) is 0 Å². The molecule has 124 valence electrons. The van der Waals surface area contributed by atoms with Crippen molar-refractivity contribution >= 4 is 21.6 Å². The molecule has 0 N–H and O–H groups in total. The highest BCUT2D eigenvalue weighted by atomic mass is 32.2. The SMILES string of the molecule is O=[SH](=O)Cc1ccc(-n2c(-c3ccccc3)cc3ccccc32)cc1. The van der Waals surface area contributed by atoms with E-state index < -0.39 is 10.7 Å². The summed E-state index contributed by atoms with van der Waals surface area (Å²) in [5.74, 6) is 0.0770. The van der Waals surface area contributed by atoms with Crippen LogP contribution < -0.4 is 0 Å². The van der Waals surface area contributed by atoms with E-state index >= 15 is 0 Å². The third kappa shape index (κ3) is 3.08. The Hall–Kier alpha value is -2.85. The van der Waals surface area contributed by atoms with E-state index in [0.29, 0.717) is 0 Å². The first-order chi connectivity index (χ1) is 12.2. The van der Waals surface area contributed by atoms with Crippen molar-refractivity contribution in [1.82, 2.24) is 4.57 Å². The number of nitrogens with zero attached hydrogens (tertiary/aromatic N) is 1. The van der Waals surface area contributed by atoms with Crippen LogP contribution in [-0.4, -0.2) is 13.0 Å². The Morgan fingerprint density at radius 3 is 2.16 bits per heavy atom. The second kappa shape index (κ2) is 6.57. The van der Waals surface area contributed by atoms with Crippen molar-refractivity contribution in [2.45, 2.75) is 5.75 Å². The van der Waals surface area contributed by atoms with Gasteiger partial charge in [-0.15, -0.1) is 0 Å². The van der Waals surface area contributed by atoms with Gasteiger partial charge in [0.25, 0.3) is 0 Å². The summed E-state index contributed by atoms with van der Waals surface area (Å²) in [6.45, 7) is 0. The highest BCUT2D eigenvalue weighted by Crippen LogP contribution is 2.31. The molecular formula is C21H17NO2S. The average Bonchev–Trinajstić information content (AvgIpc) is 3.02. The zero-order valence-corrected chi connectivity index (χ0v) is 14.4. The Bertz CT molecular complexity index is 1090. The summed E-state index contributed by atoms with van der Waals surface area (Å²) in [7, 11) is -2.41. The number of benzene rings is 3. The lowest BCUT2D eigenvalue weighted by atomic mass is 10.1. The van der Waals surface area contributed by atoms with Gasteiger partial charge in [-0.1, -0.05) is 60.7 Å². The summed E-state index contributed by atoms with van der Waals surface area (Å²) in [5.41, 5.74) is 5.21. The zero-order valence-electron chi connectivity index (χ0n) is 13.5. The Morgan fingerprint density at radius 1 is 0.760 bits per heavy atom. The smallest absolute Gasteiger partial charge is 0.144 e. The lowest BCUT2D eigenvalue weighted by Crippen LogP contribution is -1.97. The van der Waals surface area contributed by atoms with Crippen molar-refractivity contribution in [2.75, 3.05) is 0 Å². The lowest BCUT2D eigenvalue weighted by molar-refractivity contribution is 0.614. The molecule has 0 amide bonds. The monoisotopic (exact) mass is 347 g/mol. The van der Waals surface area contributed by atoms with Crippen molar-refractivity contribution < 1.29 is 8.42 Å². The fraction of sp³-hybridized carbons (Fsp3) is 0.0476. The van der Waals surface area contributed by atoms with Gasteiger partial charge in [-0.2, -0.15) is 0 Å². The van der Waals surface area contributed by atoms with Crippen LogP contribution in [0.15, 0.2) is 84.9 Å². The second-order valence-corrected chi connectivity index (χ2v) is 6.93. The molecule has 0 radical (unpaired) electrons. The number of aromatic nitrogens is 1. The number of rotatable bonds is 4. The molecule has 0 saturated carbocycles. The van der Waals surface area contributed by atoms with Crippen molar-refractivity contribution in [3.8, 4) is 16.9 Å². The van der Waals surface area contributed by atoms with E-state index in [0.717, 1.165) is 28.0 Å². The van der Waals surface area contributed by atoms with E-state index in [1.807, 2.05) is 54.6 Å². The lowest BCUT2D eigenvalue weighted by Gasteiger charge is -2.12. The molecule has 0 saturated heterocycles. The maximum absolute atomic E-state index is 10.9. The van der Waals surface area contributed by atoms with Crippen LogP contribution in [0.3, 0.4) is 0 Å². The molecule has 3 nitrogen and oxygen atoms in total. The molecule has 4 rings (SSSR count). The van der Waals surface area contributed by atoms with Crippen LogP contribution in [0.25, 0.3) is 27.8 Å². The largest absolute Gasteiger partial charge is 0.309 e. The molecule has 0 aliphatic carbocycles. The fourth-order valence-corrected chi connectivity index (χ4v) is 3.66. The maximum Gasteiger partial charge on any atom is 0.144 e. The predicted molar refractivity (Wildman–Crippen MR) is 103 cm³/mol. The zero-order chi connectivity index (χ0) is 17.2. The summed E-state index contributed by atoms with van der Waals surface area (Å²) in [4.78, 5) is 0. The minimum absolute atomic E-state index is 0.0770. The molecule has 0 atom stereocenters. The van der Waals surface area contributed by atoms with Gasteiger partial charge >= 0.3 is 0 Å². The molecule has 0 spiro atoms. The second-order valence-electron chi connectivity index (χ2n) is 5.95. The van der Waals surface area contributed by atoms with E-state index in [1.165, 1.54) is 5.39 Å². The molecule has 4 heteroatoms. The van der Waals surface area contributed by atoms with Gasteiger partial charge in [0, 0.05) is 11.1 Å². The van der Waals surface area contributed by atoms with Crippen LogP contribution in [0.2, 0.25) is 0 Å². The average molecular weight is 347 g/mol. The van der Waals surface area contributed by atoms with E-state index in [4.69, 9.17) is 0 Å². The van der Waals surface area contributed by atoms with Crippen LogP contribution in [0, 0.1) is 0 Å². The van der Waals surface area contributed by atoms with E-state index in [9.17, 15) is 8.42 Å². The molecule has 0 fully saturated rings. The van der Waals surface area contributed by atoms with E-state index in [1.54, 1.807) is 0 Å². The van der Waals surface area contributed by atoms with Gasteiger partial charge in [0.15, 0.2) is 0 Å². The Morgan fingerprint density at radius 2 is 1.44 bits per heavy atom. The van der Waals surface area contributed by atoms with Gasteiger partial charge in [-0.3, -0.25) is 0 Å². The number of hydrogen-bond acceptors (Lipinski definition) is 2. The minimum Gasteiger partial charge on any atom is -0.309 e. The molecule has 3 aromatic carbocycles. The molecular weight excluding hydrogens is 330 g/mol. The van der Waals surface area contributed by atoms with Crippen LogP contribution >= 0.6 is 0 Å². The molecule has 0 aliphatic heterocycles. The first kappa shape index (κ1) is 15.7. The van der Waals surface area contributed by atoms with E-state index in [2.05, 4.69) is 34.9 Å². The molecule has 1 heterocycles. The van der Waals surface area contributed by atoms with Gasteiger partial charge in [-0.05, 0) is 35.4 Å². The van der Waals surface area contributed by atoms with Crippen LogP contribution in [0.4, 0.5) is 0 Å².